The van der Waals surface area contributed by atoms with Crippen LogP contribution in [0.5, 0.6) is 5.75 Å². The molecule has 1 unspecified atom stereocenters. The fraction of sp³-hybridized carbons (Fsp3) is 0.385. The molecule has 1 aliphatic rings. The van der Waals surface area contributed by atoms with Crippen LogP contribution < -0.4 is 15.4 Å². The van der Waals surface area contributed by atoms with Gasteiger partial charge in [0.15, 0.2) is 0 Å². The molecule has 2 atom stereocenters. The first-order valence-corrected chi connectivity index (χ1v) is 11.8. The van der Waals surface area contributed by atoms with E-state index in [1.807, 2.05) is 0 Å². The fourth-order valence-electron chi connectivity index (χ4n) is 4.29. The first-order valence-electron chi connectivity index (χ1n) is 11.8. The van der Waals surface area contributed by atoms with E-state index in [0.717, 1.165) is 11.0 Å². The smallest absolute Gasteiger partial charge is 0.416 e. The molecule has 0 saturated carbocycles. The molecular weight excluding hydrogens is 491 g/mol. The summed E-state index contributed by atoms with van der Waals surface area (Å²) >= 11 is 0. The second kappa shape index (κ2) is 11.9. The van der Waals surface area contributed by atoms with Crippen LogP contribution in [0.4, 0.5) is 13.2 Å². The van der Waals surface area contributed by atoms with Crippen LogP contribution in [0.3, 0.4) is 0 Å². The van der Waals surface area contributed by atoms with E-state index in [-0.39, 0.29) is 37.1 Å². The number of carbonyl (C=O) groups is 4. The molecule has 0 spiro atoms. The lowest BCUT2D eigenvalue weighted by molar-refractivity contribution is -0.142. The van der Waals surface area contributed by atoms with Gasteiger partial charge < -0.3 is 20.3 Å². The number of benzene rings is 2. The first kappa shape index (κ1) is 27.7. The van der Waals surface area contributed by atoms with Gasteiger partial charge >= 0.3 is 6.18 Å². The van der Waals surface area contributed by atoms with Crippen LogP contribution in [0.1, 0.15) is 36.5 Å². The Morgan fingerprint density at radius 2 is 1.81 bits per heavy atom. The zero-order chi connectivity index (χ0) is 27.2. The van der Waals surface area contributed by atoms with Gasteiger partial charge in [0, 0.05) is 24.9 Å². The number of alkyl halides is 3. The Labute approximate surface area is 212 Å². The summed E-state index contributed by atoms with van der Waals surface area (Å²) in [6, 6.07) is 9.80. The number of rotatable bonds is 10. The van der Waals surface area contributed by atoms with Gasteiger partial charge in [-0.05, 0) is 31.0 Å². The number of likely N-dealkylation sites (N-methyl/N-ethyl adjacent to an activating group) is 1. The summed E-state index contributed by atoms with van der Waals surface area (Å²) in [6.45, 7) is 1.34. The highest BCUT2D eigenvalue weighted by Crippen LogP contribution is 2.37. The quantitative estimate of drug-likeness (QED) is 0.470. The van der Waals surface area contributed by atoms with E-state index in [0.29, 0.717) is 5.56 Å². The standard InChI is InChI=1S/C26H28F3N3O5/c1-3-30-25(36)23(34)19(14-16-8-5-4-6-9-16)31-24(35)20-12-13-22(33)32(20)15-17-18(26(27,28)29)10-7-11-21(17)37-2/h4-11,19-20H,3,12-15H2,1-2H3,(H,30,36)(H,31,35)/t19-,20?/m1/s1. The maximum absolute atomic E-state index is 13.7. The molecule has 3 rings (SSSR count). The predicted octanol–water partition coefficient (Wildman–Crippen LogP) is 2.64. The molecule has 2 aromatic rings. The molecule has 8 nitrogen and oxygen atoms in total. The lowest BCUT2D eigenvalue weighted by atomic mass is 10.0. The molecule has 0 radical (unpaired) electrons. The van der Waals surface area contributed by atoms with Gasteiger partial charge in [-0.25, -0.2) is 0 Å². The third-order valence-electron chi connectivity index (χ3n) is 6.09. The van der Waals surface area contributed by atoms with Gasteiger partial charge in [-0.1, -0.05) is 36.4 Å². The van der Waals surface area contributed by atoms with Gasteiger partial charge in [0.25, 0.3) is 5.91 Å². The van der Waals surface area contributed by atoms with Gasteiger partial charge in [-0.15, -0.1) is 0 Å². The number of nitrogens with one attached hydrogen (secondary N) is 2. The zero-order valence-corrected chi connectivity index (χ0v) is 20.4. The lowest BCUT2D eigenvalue weighted by Gasteiger charge is -2.28. The second-order valence-corrected chi connectivity index (χ2v) is 8.53. The van der Waals surface area contributed by atoms with Crippen molar-refractivity contribution in [3.05, 3.63) is 65.2 Å². The van der Waals surface area contributed by atoms with Crippen LogP contribution in [0.25, 0.3) is 0 Å². The van der Waals surface area contributed by atoms with E-state index in [1.54, 1.807) is 37.3 Å². The minimum Gasteiger partial charge on any atom is -0.496 e. The molecule has 1 heterocycles. The molecule has 37 heavy (non-hydrogen) atoms. The number of carbonyl (C=O) groups excluding carboxylic acids is 4. The number of methoxy groups -OCH3 is 1. The van der Waals surface area contributed by atoms with Crippen molar-refractivity contribution in [3.8, 4) is 5.75 Å². The van der Waals surface area contributed by atoms with Crippen molar-refractivity contribution in [1.29, 1.82) is 0 Å². The number of ether oxygens (including phenoxy) is 1. The summed E-state index contributed by atoms with van der Waals surface area (Å²) in [5.74, 6) is -3.03. The van der Waals surface area contributed by atoms with Crippen molar-refractivity contribution in [3.63, 3.8) is 0 Å². The lowest BCUT2D eigenvalue weighted by Crippen LogP contribution is -2.53. The topological polar surface area (TPSA) is 105 Å². The molecule has 1 fully saturated rings. The Morgan fingerprint density at radius 1 is 1.11 bits per heavy atom. The number of hydrogen-bond acceptors (Lipinski definition) is 5. The number of halogens is 3. The van der Waals surface area contributed by atoms with E-state index in [4.69, 9.17) is 4.74 Å². The molecule has 11 heteroatoms. The zero-order valence-electron chi connectivity index (χ0n) is 20.4. The maximum Gasteiger partial charge on any atom is 0.416 e. The molecule has 1 aliphatic heterocycles. The number of nitrogens with zero attached hydrogens (tertiary/aromatic N) is 1. The fourth-order valence-corrected chi connectivity index (χ4v) is 4.29. The third-order valence-corrected chi connectivity index (χ3v) is 6.09. The highest BCUT2D eigenvalue weighted by Gasteiger charge is 2.41. The highest BCUT2D eigenvalue weighted by atomic mass is 19.4. The van der Waals surface area contributed by atoms with Crippen LogP contribution in [0.15, 0.2) is 48.5 Å². The maximum atomic E-state index is 13.7. The van der Waals surface area contributed by atoms with Gasteiger partial charge in [-0.2, -0.15) is 13.2 Å². The van der Waals surface area contributed by atoms with Gasteiger partial charge in [0.1, 0.15) is 17.8 Å². The summed E-state index contributed by atoms with van der Waals surface area (Å²) < 4.78 is 46.2. The van der Waals surface area contributed by atoms with Crippen molar-refractivity contribution in [2.45, 2.75) is 51.0 Å². The van der Waals surface area contributed by atoms with Crippen molar-refractivity contribution in [1.82, 2.24) is 15.5 Å². The van der Waals surface area contributed by atoms with E-state index < -0.39 is 53.9 Å². The van der Waals surface area contributed by atoms with Crippen LogP contribution in [-0.4, -0.2) is 54.1 Å². The van der Waals surface area contributed by atoms with Crippen molar-refractivity contribution in [2.75, 3.05) is 13.7 Å². The SMILES string of the molecule is CCNC(=O)C(=O)[C@@H](Cc1ccccc1)NC(=O)C1CCC(=O)N1Cc1c(OC)cccc1C(F)(F)F. The molecule has 0 aromatic heterocycles. The summed E-state index contributed by atoms with van der Waals surface area (Å²) in [5, 5.41) is 4.97. The molecular formula is C26H28F3N3O5. The Hall–Kier alpha value is -3.89. The van der Waals surface area contributed by atoms with E-state index in [2.05, 4.69) is 10.6 Å². The average Bonchev–Trinajstić information content (AvgIpc) is 3.23. The first-order chi connectivity index (χ1) is 17.6. The van der Waals surface area contributed by atoms with Crippen LogP contribution in [0.2, 0.25) is 0 Å². The molecule has 0 bridgehead atoms. The Morgan fingerprint density at radius 3 is 2.43 bits per heavy atom. The van der Waals surface area contributed by atoms with Crippen molar-refractivity contribution in [2.24, 2.45) is 0 Å². The van der Waals surface area contributed by atoms with E-state index in [1.165, 1.54) is 19.2 Å². The number of hydrogen-bond donors (Lipinski definition) is 2. The number of ketones is 1. The Balaban J connectivity index is 1.87. The number of likely N-dealkylation sites (tertiary alicyclic amines) is 1. The average molecular weight is 520 g/mol. The Bertz CT molecular complexity index is 1150. The number of Topliss-reactive ketones (excluding diaryl/α,β-unsaturated/α-hetero) is 1. The number of amides is 3. The molecule has 198 valence electrons. The van der Waals surface area contributed by atoms with Gasteiger partial charge in [-0.3, -0.25) is 19.2 Å². The summed E-state index contributed by atoms with van der Waals surface area (Å²) in [7, 11) is 1.22. The molecule has 3 amide bonds. The molecule has 2 aromatic carbocycles. The van der Waals surface area contributed by atoms with Crippen molar-refractivity contribution < 1.29 is 37.1 Å². The third kappa shape index (κ3) is 6.66. The van der Waals surface area contributed by atoms with Crippen LogP contribution >= 0.6 is 0 Å². The minimum atomic E-state index is -4.70. The predicted molar refractivity (Wildman–Crippen MR) is 127 cm³/mol. The monoisotopic (exact) mass is 519 g/mol. The van der Waals surface area contributed by atoms with E-state index in [9.17, 15) is 32.3 Å². The Kier molecular flexibility index (Phi) is 8.90. The van der Waals surface area contributed by atoms with E-state index >= 15 is 0 Å². The molecule has 0 aliphatic carbocycles. The molecule has 2 N–H and O–H groups in total. The largest absolute Gasteiger partial charge is 0.496 e. The summed E-state index contributed by atoms with van der Waals surface area (Å²) in [4.78, 5) is 52.0. The summed E-state index contributed by atoms with van der Waals surface area (Å²) in [5.41, 5.74) is -0.558. The van der Waals surface area contributed by atoms with Crippen LogP contribution in [0, 0.1) is 0 Å². The normalized spacial score (nSPS) is 16.3. The van der Waals surface area contributed by atoms with Gasteiger partial charge in [0.2, 0.25) is 17.6 Å². The molecule has 1 saturated heterocycles. The van der Waals surface area contributed by atoms with Gasteiger partial charge in [0.05, 0.1) is 19.2 Å². The summed E-state index contributed by atoms with van der Waals surface area (Å²) in [6.07, 6.45) is -4.69. The second-order valence-electron chi connectivity index (χ2n) is 8.53. The minimum absolute atomic E-state index is 0.0218. The highest BCUT2D eigenvalue weighted by molar-refractivity contribution is 6.38. The van der Waals surface area contributed by atoms with Crippen molar-refractivity contribution >= 4 is 23.5 Å². The van der Waals surface area contributed by atoms with Crippen LogP contribution in [-0.2, 0) is 38.3 Å².